The minimum absolute atomic E-state index is 0.324. The molecule has 124 heavy (non-hydrogen) atoms. The Morgan fingerprint density at radius 3 is 0.250 bits per heavy atom. The van der Waals surface area contributed by atoms with E-state index in [1.54, 1.807) is 68.8 Å². The first-order valence-electron chi connectivity index (χ1n) is 61.2. The molecular weight excluding hydrogens is 1490 g/mol. The van der Waals surface area contributed by atoms with Crippen LogP contribution in [-0.4, -0.2) is 27.6 Å². The van der Waals surface area contributed by atoms with Gasteiger partial charge in [0.1, 0.15) is 16.6 Å². The zero-order chi connectivity index (χ0) is 89.8. The largest absolute Gasteiger partial charge is 0.309 e. The van der Waals surface area contributed by atoms with Gasteiger partial charge < -0.3 is 4.48 Å². The third kappa shape index (κ3) is 72.4. The van der Waals surface area contributed by atoms with E-state index >= 15 is 0 Å². The third-order valence-electron chi connectivity index (χ3n) is 32.2. The fourth-order valence-electron chi connectivity index (χ4n) is 24.4. The van der Waals surface area contributed by atoms with E-state index in [4.69, 9.17) is 0 Å². The average Bonchev–Trinajstić information content (AvgIpc) is 0.687. The van der Waals surface area contributed by atoms with Crippen molar-refractivity contribution in [1.82, 2.24) is 0 Å². The van der Waals surface area contributed by atoms with Crippen molar-refractivity contribution in [1.29, 1.82) is 0 Å². The lowest BCUT2D eigenvalue weighted by atomic mass is 9.62. The van der Waals surface area contributed by atoms with Crippen molar-refractivity contribution in [3.63, 3.8) is 0 Å². The molecule has 0 radical (unpaired) electrons. The Bertz CT molecular complexity index is 1520. The van der Waals surface area contributed by atoms with Gasteiger partial charge in [0.2, 0.25) is 0 Å². The van der Waals surface area contributed by atoms with Crippen LogP contribution in [0.2, 0.25) is 0 Å². The van der Waals surface area contributed by atoms with Gasteiger partial charge in [-0.15, -0.1) is 0 Å². The molecule has 0 N–H and O–H groups in total. The standard InChI is InChI=1S/C123H250N/c1-11-21-31-41-51-61-71-81-91-101-111-121(112-102-92-82-72-62-52-42-32-22-12-2,113-103-93-83-73-63-53-43-33-23-13-3)124(120-110-100-90-80-70-60-50-40-30-20-10,122(114-104-94-84-74-64-54-44-34-24-14-4,115-105-95-85-75-65-55-45-35-25-15-5)116-106-96-86-76-66-56-46-36-26-16-6)123(117-107-97-87-77-67-57-47-37-27-17-7,118-108-98-88-78-68-58-48-38-28-18-8)119-109-99-89-79-69-59-49-39-29-19-9/h11-120H2,1-10H3/q+1. The van der Waals surface area contributed by atoms with Crippen LogP contribution in [-0.2, 0) is 0 Å². The highest BCUT2D eigenvalue weighted by atomic mass is 15.5. The molecule has 0 bridgehead atoms. The second-order valence-corrected chi connectivity index (χ2v) is 43.8. The number of unbranched alkanes of at least 4 members (excludes halogenated alkanes) is 90. The van der Waals surface area contributed by atoms with Crippen LogP contribution in [0.25, 0.3) is 0 Å². The summed E-state index contributed by atoms with van der Waals surface area (Å²) in [5.74, 6) is 0. The van der Waals surface area contributed by atoms with Crippen LogP contribution in [0.4, 0.5) is 0 Å². The molecule has 1 heteroatoms. The summed E-state index contributed by atoms with van der Waals surface area (Å²) in [6.45, 7) is 25.8. The van der Waals surface area contributed by atoms with Crippen molar-refractivity contribution >= 4 is 0 Å². The molecule has 0 amide bonds. The Hall–Kier alpha value is -0.0400. The van der Waals surface area contributed by atoms with Crippen molar-refractivity contribution in [2.45, 2.75) is 786 Å². The van der Waals surface area contributed by atoms with Crippen molar-refractivity contribution in [2.75, 3.05) is 6.54 Å². The van der Waals surface area contributed by atoms with Gasteiger partial charge in [0.05, 0.1) is 6.54 Å². The molecule has 0 spiro atoms. The Morgan fingerprint density at radius 2 is 0.161 bits per heavy atom. The van der Waals surface area contributed by atoms with Crippen LogP contribution in [0.3, 0.4) is 0 Å². The molecule has 0 aromatic carbocycles. The lowest BCUT2D eigenvalue weighted by Crippen LogP contribution is -2.83. The molecule has 0 aliphatic carbocycles. The fraction of sp³-hybridized carbons (Fsp3) is 1.00. The Labute approximate surface area is 791 Å². The molecule has 0 aromatic heterocycles. The predicted molar refractivity (Wildman–Crippen MR) is 573 cm³/mol. The maximum atomic E-state index is 2.43. The first-order chi connectivity index (χ1) is 61.4. The first-order valence-corrected chi connectivity index (χ1v) is 61.2. The van der Waals surface area contributed by atoms with Crippen LogP contribution in [0, 0.1) is 0 Å². The lowest BCUT2D eigenvalue weighted by molar-refractivity contribution is -1.07. The summed E-state index contributed by atoms with van der Waals surface area (Å²) in [5, 5.41) is 0. The SMILES string of the molecule is CCCCCCCCCCCCC(CCCCCCCCCCCC)(CCCCCCCCCCCC)[N+](CCCCCCCCCCCC)(C(CCCCCCCCCCCC)(CCCCCCCCCCCC)CCCCCCCCCCCC)C(CCCCCCCCCCCC)(CCCCCCCCCCCC)CCCCCCCCCCCC. The highest BCUT2D eigenvalue weighted by molar-refractivity contribution is 5.01. The van der Waals surface area contributed by atoms with Crippen LogP contribution < -0.4 is 0 Å². The van der Waals surface area contributed by atoms with Gasteiger partial charge in [0, 0.05) is 57.8 Å². The molecule has 0 saturated heterocycles. The Kier molecular flexibility index (Phi) is 102. The molecule has 0 rings (SSSR count). The molecular formula is C123H250N+. The average molecular weight is 1740 g/mol. The summed E-state index contributed by atoms with van der Waals surface area (Å²) < 4.78 is 1.66. The molecule has 0 heterocycles. The van der Waals surface area contributed by atoms with E-state index in [-0.39, 0.29) is 0 Å². The van der Waals surface area contributed by atoms with Gasteiger partial charge in [-0.3, -0.25) is 0 Å². The van der Waals surface area contributed by atoms with E-state index in [1.807, 2.05) is 0 Å². The highest BCUT2D eigenvalue weighted by Crippen LogP contribution is 2.61. The Morgan fingerprint density at radius 1 is 0.0887 bits per heavy atom. The number of nitrogens with zero attached hydrogens (tertiary/aromatic N) is 1. The first kappa shape index (κ1) is 124. The summed E-state index contributed by atoms with van der Waals surface area (Å²) in [5.41, 5.74) is 0.972. The van der Waals surface area contributed by atoms with E-state index in [0.29, 0.717) is 16.6 Å². The van der Waals surface area contributed by atoms with Crippen LogP contribution in [0.15, 0.2) is 0 Å². The quantitative estimate of drug-likeness (QED) is 0.0421. The number of hydrogen-bond donors (Lipinski definition) is 0. The topological polar surface area (TPSA) is 0 Å². The van der Waals surface area contributed by atoms with E-state index in [9.17, 15) is 0 Å². The fourth-order valence-corrected chi connectivity index (χ4v) is 24.4. The highest BCUT2D eigenvalue weighted by Gasteiger charge is 2.68. The van der Waals surface area contributed by atoms with Gasteiger partial charge in [-0.25, -0.2) is 0 Å². The zero-order valence-electron chi connectivity index (χ0n) is 89.7. The van der Waals surface area contributed by atoms with Crippen molar-refractivity contribution in [2.24, 2.45) is 0 Å². The minimum Gasteiger partial charge on any atom is -0.309 e. The number of quaternary nitrogens is 1. The number of rotatable bonds is 113. The summed E-state index contributed by atoms with van der Waals surface area (Å²) in [6.07, 6.45) is 162. The van der Waals surface area contributed by atoms with Gasteiger partial charge in [0.15, 0.2) is 0 Å². The molecule has 0 fully saturated rings. The van der Waals surface area contributed by atoms with E-state index in [1.165, 1.54) is 642 Å². The molecule has 0 aromatic rings. The summed E-state index contributed by atoms with van der Waals surface area (Å²) in [7, 11) is 0. The molecule has 0 saturated carbocycles. The monoisotopic (exact) mass is 1740 g/mol. The normalized spacial score (nSPS) is 12.4. The van der Waals surface area contributed by atoms with Gasteiger partial charge in [0.25, 0.3) is 0 Å². The molecule has 0 unspecified atom stereocenters. The van der Waals surface area contributed by atoms with Crippen LogP contribution >= 0.6 is 0 Å². The smallest absolute Gasteiger partial charge is 0.100 e. The summed E-state index contributed by atoms with van der Waals surface area (Å²) in [6, 6.07) is 0. The van der Waals surface area contributed by atoms with E-state index in [2.05, 4.69) is 69.2 Å². The van der Waals surface area contributed by atoms with Gasteiger partial charge in [-0.05, 0) is 70.6 Å². The molecule has 0 aliphatic heterocycles. The zero-order valence-corrected chi connectivity index (χ0v) is 89.7. The maximum absolute atomic E-state index is 2.43. The summed E-state index contributed by atoms with van der Waals surface area (Å²) in [4.78, 5) is 0. The molecule has 1 nitrogen and oxygen atoms in total. The van der Waals surface area contributed by atoms with Crippen molar-refractivity contribution < 1.29 is 4.48 Å². The van der Waals surface area contributed by atoms with E-state index < -0.39 is 0 Å². The minimum atomic E-state index is 0.324. The second-order valence-electron chi connectivity index (χ2n) is 43.8. The third-order valence-corrected chi connectivity index (χ3v) is 32.2. The second kappa shape index (κ2) is 102. The van der Waals surface area contributed by atoms with Crippen molar-refractivity contribution in [3.8, 4) is 0 Å². The van der Waals surface area contributed by atoms with Crippen LogP contribution in [0.5, 0.6) is 0 Å². The van der Waals surface area contributed by atoms with Gasteiger partial charge >= 0.3 is 0 Å². The van der Waals surface area contributed by atoms with Crippen molar-refractivity contribution in [3.05, 3.63) is 0 Å². The van der Waals surface area contributed by atoms with Gasteiger partial charge in [-0.2, -0.15) is 0 Å². The predicted octanol–water partition coefficient (Wildman–Crippen LogP) is 46.7. The van der Waals surface area contributed by atoms with Gasteiger partial charge in [-0.1, -0.05) is 641 Å². The Balaban J connectivity index is 10.4. The molecule has 746 valence electrons. The molecule has 0 atom stereocenters. The lowest BCUT2D eigenvalue weighted by Gasteiger charge is -2.72. The van der Waals surface area contributed by atoms with Crippen LogP contribution in [0.1, 0.15) is 769 Å². The number of hydrogen-bond acceptors (Lipinski definition) is 0. The van der Waals surface area contributed by atoms with E-state index in [0.717, 1.165) is 0 Å². The summed E-state index contributed by atoms with van der Waals surface area (Å²) >= 11 is 0. The maximum Gasteiger partial charge on any atom is 0.100 e. The molecule has 0 aliphatic rings.